The lowest BCUT2D eigenvalue weighted by molar-refractivity contribution is 0.247. The molecule has 2 aromatic rings. The van der Waals surface area contributed by atoms with Crippen LogP contribution in [0.4, 0.5) is 10.5 Å². The molecule has 2 heterocycles. The van der Waals surface area contributed by atoms with Crippen molar-refractivity contribution in [1.82, 2.24) is 10.6 Å². The van der Waals surface area contributed by atoms with Gasteiger partial charge in [-0.3, -0.25) is 0 Å². The molecular weight excluding hydrogens is 446 g/mol. The van der Waals surface area contributed by atoms with E-state index >= 15 is 0 Å². The number of halogens is 1. The summed E-state index contributed by atoms with van der Waals surface area (Å²) < 4.78 is 26.2. The third kappa shape index (κ3) is 4.16. The predicted octanol–water partition coefficient (Wildman–Crippen LogP) is 3.83. The number of hydrogen-bond acceptors (Lipinski definition) is 6. The lowest BCUT2D eigenvalue weighted by Crippen LogP contribution is -2.39. The topological polar surface area (TPSA) is 108 Å². The Morgan fingerprint density at radius 3 is 2.83 bits per heavy atom. The van der Waals surface area contributed by atoms with E-state index in [0.29, 0.717) is 13.0 Å². The van der Waals surface area contributed by atoms with Crippen LogP contribution in [-0.2, 0) is 16.3 Å². The Bertz CT molecular complexity index is 1050. The first-order valence-corrected chi connectivity index (χ1v) is 12.8. The van der Waals surface area contributed by atoms with Gasteiger partial charge in [-0.15, -0.1) is 11.3 Å². The molecule has 7 nitrogen and oxygen atoms in total. The van der Waals surface area contributed by atoms with Crippen molar-refractivity contribution in [2.75, 3.05) is 18.4 Å². The molecule has 4 rings (SSSR count). The van der Waals surface area contributed by atoms with Crippen molar-refractivity contribution in [3.8, 4) is 5.75 Å². The fraction of sp³-hybridized carbons (Fsp3) is 0.450. The summed E-state index contributed by atoms with van der Waals surface area (Å²) in [5.41, 5.74) is 1.13. The summed E-state index contributed by atoms with van der Waals surface area (Å²) in [6, 6.07) is 4.21. The van der Waals surface area contributed by atoms with Gasteiger partial charge in [-0.2, -0.15) is 0 Å². The Morgan fingerprint density at radius 2 is 2.07 bits per heavy atom. The minimum Gasteiger partial charge on any atom is -0.504 e. The number of hydrogen-bond donors (Lipinski definition) is 4. The fourth-order valence-electron chi connectivity index (χ4n) is 4.12. The summed E-state index contributed by atoms with van der Waals surface area (Å²) in [5, 5.41) is 20.6. The molecule has 1 aliphatic carbocycles. The van der Waals surface area contributed by atoms with Gasteiger partial charge in [0.15, 0.2) is 15.6 Å². The van der Waals surface area contributed by atoms with E-state index < -0.39 is 26.9 Å². The molecule has 1 saturated heterocycles. The maximum atomic E-state index is 13.1. The number of aryl methyl sites for hydroxylation is 1. The Morgan fingerprint density at radius 1 is 1.23 bits per heavy atom. The first kappa shape index (κ1) is 21.4. The molecule has 0 bridgehead atoms. The van der Waals surface area contributed by atoms with E-state index in [9.17, 15) is 18.3 Å². The average Bonchev–Trinajstić information content (AvgIpc) is 3.21. The molecule has 2 aliphatic rings. The van der Waals surface area contributed by atoms with Crippen molar-refractivity contribution in [2.24, 2.45) is 0 Å². The zero-order valence-electron chi connectivity index (χ0n) is 16.3. The number of anilines is 1. The highest BCUT2D eigenvalue weighted by atomic mass is 35.5. The van der Waals surface area contributed by atoms with Crippen molar-refractivity contribution in [2.45, 2.75) is 48.3 Å². The normalized spacial score (nSPS) is 21.6. The molecule has 4 N–H and O–H groups in total. The van der Waals surface area contributed by atoms with Crippen LogP contribution in [0.1, 0.15) is 42.2 Å². The minimum atomic E-state index is -3.86. The molecule has 1 aromatic carbocycles. The number of aromatic hydroxyl groups is 1. The monoisotopic (exact) mass is 469 g/mol. The quantitative estimate of drug-likeness (QED) is 0.509. The van der Waals surface area contributed by atoms with E-state index in [4.69, 9.17) is 11.6 Å². The number of thiophene rings is 1. The Hall–Kier alpha value is -1.81. The predicted molar refractivity (Wildman–Crippen MR) is 118 cm³/mol. The fourth-order valence-corrected chi connectivity index (χ4v) is 7.45. The van der Waals surface area contributed by atoms with E-state index in [2.05, 4.69) is 16.0 Å². The van der Waals surface area contributed by atoms with Gasteiger partial charge < -0.3 is 21.1 Å². The number of nitrogens with one attached hydrogen (secondary N) is 3. The number of piperidine rings is 1. The van der Waals surface area contributed by atoms with Gasteiger partial charge >= 0.3 is 6.03 Å². The maximum Gasteiger partial charge on any atom is 0.319 e. The van der Waals surface area contributed by atoms with Gasteiger partial charge in [0.25, 0.3) is 0 Å². The van der Waals surface area contributed by atoms with Crippen LogP contribution >= 0.6 is 22.9 Å². The largest absolute Gasteiger partial charge is 0.504 e. The zero-order valence-corrected chi connectivity index (χ0v) is 18.7. The third-order valence-corrected chi connectivity index (χ3v) is 9.35. The zero-order chi connectivity index (χ0) is 21.3. The highest BCUT2D eigenvalue weighted by Crippen LogP contribution is 2.40. The van der Waals surface area contributed by atoms with Gasteiger partial charge in [-0.1, -0.05) is 11.6 Å². The number of sulfone groups is 1. The highest BCUT2D eigenvalue weighted by molar-refractivity contribution is 7.92. The minimum absolute atomic E-state index is 0.0144. The number of carbonyl (C=O) groups excluding carboxylic acids is 1. The molecule has 2 atom stereocenters. The van der Waals surface area contributed by atoms with Gasteiger partial charge in [0.05, 0.1) is 22.0 Å². The van der Waals surface area contributed by atoms with Crippen LogP contribution in [0.25, 0.3) is 0 Å². The van der Waals surface area contributed by atoms with Gasteiger partial charge in [0.2, 0.25) is 0 Å². The molecule has 0 spiro atoms. The number of carbonyl (C=O) groups is 1. The van der Waals surface area contributed by atoms with Crippen LogP contribution in [0.2, 0.25) is 5.02 Å². The Kier molecular flexibility index (Phi) is 6.24. The second-order valence-corrected chi connectivity index (χ2v) is 11.2. The smallest absolute Gasteiger partial charge is 0.319 e. The molecule has 1 aliphatic heterocycles. The van der Waals surface area contributed by atoms with Gasteiger partial charge in [0.1, 0.15) is 4.90 Å². The first-order chi connectivity index (χ1) is 14.4. The average molecular weight is 470 g/mol. The van der Waals surface area contributed by atoms with Gasteiger partial charge in [-0.05, 0) is 67.8 Å². The molecular formula is C20H24ClN3O4S2. The SMILES string of the molecule is O=C(Nc1ccc(Cl)c(S(=O)(=O)C2CCCNC2)c1O)N[C@@H]1CCCc2sccc21. The van der Waals surface area contributed by atoms with Crippen LogP contribution in [0.3, 0.4) is 0 Å². The number of rotatable bonds is 4. The molecule has 0 radical (unpaired) electrons. The summed E-state index contributed by atoms with van der Waals surface area (Å²) in [4.78, 5) is 13.5. The summed E-state index contributed by atoms with van der Waals surface area (Å²) in [6.45, 7) is 1.07. The number of benzene rings is 1. The molecule has 30 heavy (non-hydrogen) atoms. The van der Waals surface area contributed by atoms with Crippen LogP contribution in [0, 0.1) is 0 Å². The van der Waals surface area contributed by atoms with Crippen molar-refractivity contribution in [1.29, 1.82) is 0 Å². The number of phenols is 1. The van der Waals surface area contributed by atoms with E-state index in [-0.39, 0.29) is 21.6 Å². The summed E-state index contributed by atoms with van der Waals surface area (Å²) in [6.07, 6.45) is 4.06. The number of amides is 2. The van der Waals surface area contributed by atoms with Crippen molar-refractivity contribution in [3.63, 3.8) is 0 Å². The lowest BCUT2D eigenvalue weighted by Gasteiger charge is -2.25. The summed E-state index contributed by atoms with van der Waals surface area (Å²) in [7, 11) is -3.86. The second kappa shape index (κ2) is 8.74. The summed E-state index contributed by atoms with van der Waals surface area (Å²) in [5.74, 6) is -0.525. The highest BCUT2D eigenvalue weighted by Gasteiger charge is 2.34. The number of phenolic OH excluding ortho intramolecular Hbond substituents is 1. The Balaban J connectivity index is 1.54. The van der Waals surface area contributed by atoms with Crippen molar-refractivity contribution < 1.29 is 18.3 Å². The number of urea groups is 1. The van der Waals surface area contributed by atoms with E-state index in [1.54, 1.807) is 11.3 Å². The summed E-state index contributed by atoms with van der Waals surface area (Å²) >= 11 is 7.84. The van der Waals surface area contributed by atoms with E-state index in [1.165, 1.54) is 17.0 Å². The van der Waals surface area contributed by atoms with Crippen LogP contribution in [0.5, 0.6) is 5.75 Å². The van der Waals surface area contributed by atoms with Crippen LogP contribution in [-0.4, -0.2) is 37.9 Å². The van der Waals surface area contributed by atoms with Gasteiger partial charge in [0, 0.05) is 11.4 Å². The van der Waals surface area contributed by atoms with E-state index in [0.717, 1.165) is 37.8 Å². The molecule has 162 valence electrons. The van der Waals surface area contributed by atoms with Gasteiger partial charge in [-0.25, -0.2) is 13.2 Å². The molecule has 1 fully saturated rings. The molecule has 1 unspecified atom stereocenters. The lowest BCUT2D eigenvalue weighted by atomic mass is 9.94. The third-order valence-electron chi connectivity index (χ3n) is 5.66. The second-order valence-electron chi connectivity index (χ2n) is 7.63. The van der Waals surface area contributed by atoms with Crippen LogP contribution < -0.4 is 16.0 Å². The molecule has 2 amide bonds. The Labute approximate surface area is 184 Å². The van der Waals surface area contributed by atoms with E-state index in [1.807, 2.05) is 11.4 Å². The standard InChI is InChI=1S/C20H24ClN3O4S2/c21-14-6-7-16(18(25)19(14)30(27,28)12-3-2-9-22-11-12)24-20(26)23-15-4-1-5-17-13(15)8-10-29-17/h6-8,10,12,15,22,25H,1-5,9,11H2,(H2,23,24,26)/t12?,15-/m1/s1. The molecule has 0 saturated carbocycles. The van der Waals surface area contributed by atoms with Crippen LogP contribution in [0.15, 0.2) is 28.5 Å². The molecule has 10 heteroatoms. The van der Waals surface area contributed by atoms with Crippen molar-refractivity contribution >= 4 is 44.5 Å². The first-order valence-electron chi connectivity index (χ1n) is 9.98. The number of fused-ring (bicyclic) bond motifs is 1. The molecule has 1 aromatic heterocycles. The van der Waals surface area contributed by atoms with Crippen molar-refractivity contribution in [3.05, 3.63) is 39.0 Å². The maximum absolute atomic E-state index is 13.1.